The molecule has 0 fully saturated rings. The third kappa shape index (κ3) is 5.47. The molecule has 0 aliphatic rings. The van der Waals surface area contributed by atoms with Crippen molar-refractivity contribution >= 4 is 28.9 Å². The summed E-state index contributed by atoms with van der Waals surface area (Å²) in [5, 5.41) is 23.0. The van der Waals surface area contributed by atoms with Crippen molar-refractivity contribution in [1.82, 2.24) is 19.7 Å². The Morgan fingerprint density at radius 3 is 2.64 bits per heavy atom. The van der Waals surface area contributed by atoms with Crippen LogP contribution in [0.15, 0.2) is 60.9 Å². The Balaban J connectivity index is 1.61. The first-order valence-electron chi connectivity index (χ1n) is 11.1. The molecule has 2 aromatic heterocycles. The highest BCUT2D eigenvalue weighted by Crippen LogP contribution is 2.29. The zero-order chi connectivity index (χ0) is 25.9. The van der Waals surface area contributed by atoms with Gasteiger partial charge >= 0.3 is 0 Å². The molecule has 11 heteroatoms. The third-order valence-electron chi connectivity index (χ3n) is 5.44. The summed E-state index contributed by atoms with van der Waals surface area (Å²) in [6, 6.07) is 14.0. The molecule has 2 heterocycles. The normalized spacial score (nSPS) is 11.3. The SMILES string of the molecule is CNc1cc(-n2nc(CO)cc2Nc2cc(NC(=O)c3cccc(C(C)(F)F)c3)ccc2C)ncn1. The topological polar surface area (TPSA) is 117 Å². The van der Waals surface area contributed by atoms with Crippen LogP contribution in [0.5, 0.6) is 0 Å². The zero-order valence-corrected chi connectivity index (χ0v) is 19.9. The Kier molecular flexibility index (Phi) is 6.93. The highest BCUT2D eigenvalue weighted by molar-refractivity contribution is 6.04. The van der Waals surface area contributed by atoms with Gasteiger partial charge in [-0.3, -0.25) is 4.79 Å². The molecule has 0 aliphatic heterocycles. The first kappa shape index (κ1) is 24.7. The minimum atomic E-state index is -3.05. The van der Waals surface area contributed by atoms with E-state index >= 15 is 0 Å². The smallest absolute Gasteiger partial charge is 0.270 e. The molecule has 2 aromatic carbocycles. The number of nitrogens with zero attached hydrogens (tertiary/aromatic N) is 4. The van der Waals surface area contributed by atoms with Crippen molar-refractivity contribution in [3.63, 3.8) is 0 Å². The quantitative estimate of drug-likeness (QED) is 0.283. The summed E-state index contributed by atoms with van der Waals surface area (Å²) >= 11 is 0. The van der Waals surface area contributed by atoms with Crippen LogP contribution in [0.3, 0.4) is 0 Å². The number of aromatic nitrogens is 4. The number of carbonyl (C=O) groups excluding carboxylic acids is 1. The molecule has 0 atom stereocenters. The van der Waals surface area contributed by atoms with Crippen molar-refractivity contribution in [2.24, 2.45) is 0 Å². The molecule has 0 saturated heterocycles. The molecule has 0 aliphatic carbocycles. The van der Waals surface area contributed by atoms with Crippen LogP contribution < -0.4 is 16.0 Å². The Morgan fingerprint density at radius 2 is 1.92 bits per heavy atom. The molecule has 4 N–H and O–H groups in total. The van der Waals surface area contributed by atoms with Gasteiger partial charge in [0.05, 0.1) is 12.3 Å². The number of aryl methyl sites for hydroxylation is 1. The number of aliphatic hydroxyl groups is 1. The van der Waals surface area contributed by atoms with E-state index in [2.05, 4.69) is 31.0 Å². The number of alkyl halides is 2. The first-order valence-corrected chi connectivity index (χ1v) is 11.1. The van der Waals surface area contributed by atoms with Gasteiger partial charge in [-0.25, -0.2) is 18.7 Å². The van der Waals surface area contributed by atoms with Crippen molar-refractivity contribution in [3.05, 3.63) is 83.3 Å². The van der Waals surface area contributed by atoms with Gasteiger partial charge in [0.2, 0.25) is 0 Å². The second-order valence-electron chi connectivity index (χ2n) is 8.18. The molecule has 4 aromatic rings. The lowest BCUT2D eigenvalue weighted by molar-refractivity contribution is 0.0174. The van der Waals surface area contributed by atoms with E-state index in [0.717, 1.165) is 12.5 Å². The summed E-state index contributed by atoms with van der Waals surface area (Å²) < 4.78 is 28.9. The standard InChI is InChI=1S/C25H25F2N7O2/c1-15-7-8-18(31-24(36)16-5-4-6-17(9-16)25(2,26)27)10-20(15)32-23-11-19(13-35)33-34(23)22-12-21(28-3)29-14-30-22/h4-12,14,32,35H,13H2,1-3H3,(H,31,36)(H,28,29,30). The summed E-state index contributed by atoms with van der Waals surface area (Å²) in [5.41, 5.74) is 2.32. The van der Waals surface area contributed by atoms with Crippen LogP contribution in [-0.4, -0.2) is 37.8 Å². The second-order valence-corrected chi connectivity index (χ2v) is 8.18. The van der Waals surface area contributed by atoms with Gasteiger partial charge in [-0.2, -0.15) is 9.78 Å². The lowest BCUT2D eigenvalue weighted by Gasteiger charge is -2.14. The number of nitrogens with one attached hydrogen (secondary N) is 3. The Bertz CT molecular complexity index is 1400. The number of rotatable bonds is 8. The maximum Gasteiger partial charge on any atom is 0.270 e. The number of hydrogen-bond acceptors (Lipinski definition) is 7. The molecule has 4 rings (SSSR count). The van der Waals surface area contributed by atoms with Gasteiger partial charge in [-0.15, -0.1) is 0 Å². The van der Waals surface area contributed by atoms with Crippen LogP contribution in [0, 0.1) is 6.92 Å². The second kappa shape index (κ2) is 10.1. The highest BCUT2D eigenvalue weighted by atomic mass is 19.3. The molecule has 0 bridgehead atoms. The van der Waals surface area contributed by atoms with E-state index in [1.165, 1.54) is 35.3 Å². The minimum absolute atomic E-state index is 0.124. The molecular formula is C25H25F2N7O2. The van der Waals surface area contributed by atoms with Crippen molar-refractivity contribution in [2.75, 3.05) is 23.0 Å². The Morgan fingerprint density at radius 1 is 1.11 bits per heavy atom. The van der Waals surface area contributed by atoms with Gasteiger partial charge in [0.1, 0.15) is 18.0 Å². The van der Waals surface area contributed by atoms with E-state index in [4.69, 9.17) is 0 Å². The lowest BCUT2D eigenvalue weighted by Crippen LogP contribution is -2.14. The van der Waals surface area contributed by atoms with Crippen LogP contribution in [-0.2, 0) is 12.5 Å². The van der Waals surface area contributed by atoms with Gasteiger partial charge in [-0.1, -0.05) is 18.2 Å². The van der Waals surface area contributed by atoms with Gasteiger partial charge in [0.25, 0.3) is 11.8 Å². The third-order valence-corrected chi connectivity index (χ3v) is 5.44. The monoisotopic (exact) mass is 493 g/mol. The van der Waals surface area contributed by atoms with Crippen LogP contribution in [0.25, 0.3) is 5.82 Å². The molecular weight excluding hydrogens is 468 g/mol. The van der Waals surface area contributed by atoms with E-state index in [-0.39, 0.29) is 17.7 Å². The maximum absolute atomic E-state index is 13.7. The van der Waals surface area contributed by atoms with Gasteiger partial charge in [-0.05, 0) is 36.8 Å². The number of carbonyl (C=O) groups is 1. The predicted octanol–water partition coefficient (Wildman–Crippen LogP) is 4.61. The minimum Gasteiger partial charge on any atom is -0.390 e. The van der Waals surface area contributed by atoms with Gasteiger partial charge in [0.15, 0.2) is 5.82 Å². The van der Waals surface area contributed by atoms with Crippen molar-refractivity contribution in [2.45, 2.75) is 26.4 Å². The first-order chi connectivity index (χ1) is 17.2. The van der Waals surface area contributed by atoms with Crippen LogP contribution in [0.1, 0.15) is 34.1 Å². The summed E-state index contributed by atoms with van der Waals surface area (Å²) in [4.78, 5) is 21.1. The number of aliphatic hydroxyl groups excluding tert-OH is 1. The number of hydrogen-bond donors (Lipinski definition) is 4. The predicted molar refractivity (Wildman–Crippen MR) is 133 cm³/mol. The fraction of sp³-hybridized carbons (Fsp3) is 0.200. The van der Waals surface area contributed by atoms with Crippen molar-refractivity contribution in [3.8, 4) is 5.82 Å². The van der Waals surface area contributed by atoms with E-state index in [0.29, 0.717) is 34.5 Å². The fourth-order valence-corrected chi connectivity index (χ4v) is 3.48. The molecule has 9 nitrogen and oxygen atoms in total. The average molecular weight is 494 g/mol. The van der Waals surface area contributed by atoms with Crippen LogP contribution in [0.4, 0.5) is 31.8 Å². The molecule has 1 amide bonds. The summed E-state index contributed by atoms with van der Waals surface area (Å²) in [6.45, 7) is 2.41. The summed E-state index contributed by atoms with van der Waals surface area (Å²) in [6.07, 6.45) is 1.40. The van der Waals surface area contributed by atoms with Gasteiger partial charge in [0, 0.05) is 48.6 Å². The van der Waals surface area contributed by atoms with Crippen LogP contribution >= 0.6 is 0 Å². The molecule has 0 saturated carbocycles. The molecule has 0 unspecified atom stereocenters. The summed E-state index contributed by atoms with van der Waals surface area (Å²) in [7, 11) is 1.74. The van der Waals surface area contributed by atoms with E-state index in [1.54, 1.807) is 31.3 Å². The molecule has 0 spiro atoms. The Hall–Kier alpha value is -4.38. The highest BCUT2D eigenvalue weighted by Gasteiger charge is 2.25. The number of benzene rings is 2. The maximum atomic E-state index is 13.7. The van der Waals surface area contributed by atoms with E-state index in [1.807, 2.05) is 13.0 Å². The zero-order valence-electron chi connectivity index (χ0n) is 19.9. The van der Waals surface area contributed by atoms with Crippen molar-refractivity contribution < 1.29 is 18.7 Å². The van der Waals surface area contributed by atoms with E-state index < -0.39 is 11.8 Å². The molecule has 0 radical (unpaired) electrons. The van der Waals surface area contributed by atoms with E-state index in [9.17, 15) is 18.7 Å². The molecule has 186 valence electrons. The van der Waals surface area contributed by atoms with Gasteiger partial charge < -0.3 is 21.1 Å². The number of anilines is 4. The number of amides is 1. The average Bonchev–Trinajstić information content (AvgIpc) is 3.28. The summed E-state index contributed by atoms with van der Waals surface area (Å²) in [5.74, 6) is -1.96. The number of halogens is 2. The molecule has 36 heavy (non-hydrogen) atoms. The largest absolute Gasteiger partial charge is 0.390 e. The van der Waals surface area contributed by atoms with Crippen LogP contribution in [0.2, 0.25) is 0 Å². The Labute approximate surface area is 206 Å². The van der Waals surface area contributed by atoms with Crippen molar-refractivity contribution in [1.29, 1.82) is 0 Å². The lowest BCUT2D eigenvalue weighted by atomic mass is 10.1. The fourth-order valence-electron chi connectivity index (χ4n) is 3.48.